The number of nitrogens with zero attached hydrogens (tertiary/aromatic N) is 2. The Labute approximate surface area is 122 Å². The van der Waals surface area contributed by atoms with E-state index >= 15 is 0 Å². The van der Waals surface area contributed by atoms with Crippen molar-refractivity contribution in [2.45, 2.75) is 76.8 Å². The number of rotatable bonds is 4. The van der Waals surface area contributed by atoms with Crippen LogP contribution < -0.4 is 5.32 Å². The van der Waals surface area contributed by atoms with Crippen LogP contribution in [0.4, 0.5) is 0 Å². The van der Waals surface area contributed by atoms with Crippen molar-refractivity contribution in [3.05, 3.63) is 17.2 Å². The molecule has 110 valence electrons. The zero-order valence-electron chi connectivity index (χ0n) is 12.7. The van der Waals surface area contributed by atoms with Crippen LogP contribution in [0.5, 0.6) is 0 Å². The van der Waals surface area contributed by atoms with Gasteiger partial charge in [0, 0.05) is 37.2 Å². The quantitative estimate of drug-likeness (QED) is 0.909. The third-order valence-corrected chi connectivity index (χ3v) is 5.55. The third kappa shape index (κ3) is 2.11. The summed E-state index contributed by atoms with van der Waals surface area (Å²) in [6, 6.07) is 0.792. The summed E-state index contributed by atoms with van der Waals surface area (Å²) < 4.78 is 2.71. The second-order valence-corrected chi connectivity index (χ2v) is 6.99. The van der Waals surface area contributed by atoms with Gasteiger partial charge < -0.3 is 9.88 Å². The van der Waals surface area contributed by atoms with Crippen molar-refractivity contribution in [1.82, 2.24) is 14.9 Å². The summed E-state index contributed by atoms with van der Waals surface area (Å²) in [5.41, 5.74) is 2.94. The maximum Gasteiger partial charge on any atom is 0.112 e. The maximum atomic E-state index is 5.09. The summed E-state index contributed by atoms with van der Waals surface area (Å²) in [6.07, 6.45) is 10.9. The van der Waals surface area contributed by atoms with Crippen LogP contribution in [0.3, 0.4) is 0 Å². The molecule has 3 heteroatoms. The second kappa shape index (κ2) is 5.18. The van der Waals surface area contributed by atoms with Crippen molar-refractivity contribution >= 4 is 0 Å². The van der Waals surface area contributed by atoms with E-state index in [0.29, 0.717) is 0 Å². The largest absolute Gasteiger partial charge is 0.328 e. The van der Waals surface area contributed by atoms with Crippen LogP contribution >= 0.6 is 0 Å². The molecule has 2 atom stereocenters. The van der Waals surface area contributed by atoms with Crippen molar-refractivity contribution in [2.75, 3.05) is 6.54 Å². The van der Waals surface area contributed by atoms with Crippen LogP contribution in [0.2, 0.25) is 0 Å². The first-order valence-electron chi connectivity index (χ1n) is 8.69. The molecular formula is C17H27N3. The van der Waals surface area contributed by atoms with Crippen LogP contribution in [-0.2, 0) is 13.0 Å². The normalized spacial score (nSPS) is 29.6. The zero-order chi connectivity index (χ0) is 13.5. The van der Waals surface area contributed by atoms with Gasteiger partial charge in [-0.3, -0.25) is 0 Å². The van der Waals surface area contributed by atoms with Gasteiger partial charge in [-0.15, -0.1) is 0 Å². The van der Waals surface area contributed by atoms with Crippen LogP contribution in [0.25, 0.3) is 0 Å². The van der Waals surface area contributed by atoms with Crippen molar-refractivity contribution in [3.8, 4) is 0 Å². The van der Waals surface area contributed by atoms with Gasteiger partial charge in [0.1, 0.15) is 5.82 Å². The molecule has 0 bridgehead atoms. The lowest BCUT2D eigenvalue weighted by Gasteiger charge is -2.18. The molecule has 1 aromatic heterocycles. The molecule has 3 aliphatic rings. The average molecular weight is 273 g/mol. The van der Waals surface area contributed by atoms with E-state index in [1.165, 1.54) is 62.9 Å². The summed E-state index contributed by atoms with van der Waals surface area (Å²) >= 11 is 0. The highest BCUT2D eigenvalue weighted by molar-refractivity contribution is 5.25. The lowest BCUT2D eigenvalue weighted by atomic mass is 10.1. The second-order valence-electron chi connectivity index (χ2n) is 6.99. The molecule has 2 fully saturated rings. The van der Waals surface area contributed by atoms with Gasteiger partial charge in [-0.2, -0.15) is 0 Å². The van der Waals surface area contributed by atoms with Crippen LogP contribution in [0, 0.1) is 5.92 Å². The highest BCUT2D eigenvalue weighted by Gasteiger charge is 2.42. The van der Waals surface area contributed by atoms with Gasteiger partial charge in [-0.1, -0.05) is 26.2 Å². The topological polar surface area (TPSA) is 29.9 Å². The number of fused-ring (bicyclic) bond motifs is 1. The molecule has 1 aromatic rings. The highest BCUT2D eigenvalue weighted by atomic mass is 15.2. The maximum absolute atomic E-state index is 5.09. The minimum Gasteiger partial charge on any atom is -0.328 e. The molecule has 0 aromatic carbocycles. The summed E-state index contributed by atoms with van der Waals surface area (Å²) in [5.74, 6) is 3.15. The summed E-state index contributed by atoms with van der Waals surface area (Å²) in [7, 11) is 0. The molecule has 4 rings (SSSR count). The summed E-state index contributed by atoms with van der Waals surface area (Å²) in [5, 5.41) is 3.49. The predicted molar refractivity (Wildman–Crippen MR) is 80.9 cm³/mol. The van der Waals surface area contributed by atoms with E-state index < -0.39 is 0 Å². The van der Waals surface area contributed by atoms with Crippen molar-refractivity contribution in [2.24, 2.45) is 5.92 Å². The fraction of sp³-hybridized carbons (Fsp3) is 0.824. The van der Waals surface area contributed by atoms with Gasteiger partial charge in [-0.25, -0.2) is 4.98 Å². The monoisotopic (exact) mass is 273 g/mol. The van der Waals surface area contributed by atoms with Crippen LogP contribution in [0.15, 0.2) is 0 Å². The van der Waals surface area contributed by atoms with E-state index in [4.69, 9.17) is 4.98 Å². The minimum atomic E-state index is 0.753. The van der Waals surface area contributed by atoms with Crippen LogP contribution in [0.1, 0.15) is 81.0 Å². The molecular weight excluding hydrogens is 246 g/mol. The van der Waals surface area contributed by atoms with E-state index in [1.54, 1.807) is 5.69 Å². The summed E-state index contributed by atoms with van der Waals surface area (Å²) in [4.78, 5) is 5.09. The molecule has 0 amide bonds. The molecule has 2 heterocycles. The molecule has 2 saturated carbocycles. The molecule has 0 radical (unpaired) electrons. The van der Waals surface area contributed by atoms with E-state index in [-0.39, 0.29) is 0 Å². The zero-order valence-corrected chi connectivity index (χ0v) is 12.7. The van der Waals surface area contributed by atoms with Gasteiger partial charge in [0.15, 0.2) is 0 Å². The number of hydrogen-bond donors (Lipinski definition) is 1. The lowest BCUT2D eigenvalue weighted by Crippen LogP contribution is -2.25. The Hall–Kier alpha value is -0.830. The number of imidazole rings is 1. The molecule has 2 unspecified atom stereocenters. The van der Waals surface area contributed by atoms with Gasteiger partial charge in [-0.05, 0) is 31.6 Å². The first-order chi connectivity index (χ1) is 9.88. The average Bonchev–Trinajstić information content (AvgIpc) is 2.94. The lowest BCUT2D eigenvalue weighted by molar-refractivity contribution is 0.526. The molecule has 1 aliphatic heterocycles. The molecule has 0 saturated heterocycles. The van der Waals surface area contributed by atoms with Gasteiger partial charge in [0.2, 0.25) is 0 Å². The van der Waals surface area contributed by atoms with E-state index in [1.807, 2.05) is 0 Å². The molecule has 3 nitrogen and oxygen atoms in total. The Balaban J connectivity index is 1.68. The third-order valence-electron chi connectivity index (χ3n) is 5.55. The van der Waals surface area contributed by atoms with Gasteiger partial charge in [0.05, 0.1) is 5.69 Å². The van der Waals surface area contributed by atoms with E-state index in [2.05, 4.69) is 16.8 Å². The minimum absolute atomic E-state index is 0.753. The Bertz CT molecular complexity index is 485. The Morgan fingerprint density at radius 1 is 1.30 bits per heavy atom. The first-order valence-corrected chi connectivity index (χ1v) is 8.69. The fourth-order valence-electron chi connectivity index (χ4n) is 4.42. The highest BCUT2D eigenvalue weighted by Crippen LogP contribution is 2.50. The Morgan fingerprint density at radius 2 is 2.15 bits per heavy atom. The van der Waals surface area contributed by atoms with Crippen molar-refractivity contribution in [3.63, 3.8) is 0 Å². The number of aromatic nitrogens is 2. The Kier molecular flexibility index (Phi) is 3.33. The SMILES string of the molecule is CCCC1CC1n1c(C2CCCC2)nc2c1CCNC2. The number of nitrogens with one attached hydrogen (secondary N) is 1. The fourth-order valence-corrected chi connectivity index (χ4v) is 4.42. The standard InChI is InChI=1S/C17H27N3/c1-2-5-13-10-16(13)20-15-8-9-18-11-14(15)19-17(20)12-6-3-4-7-12/h12-13,16,18H,2-11H2,1H3. The van der Waals surface area contributed by atoms with E-state index in [9.17, 15) is 0 Å². The molecule has 20 heavy (non-hydrogen) atoms. The van der Waals surface area contributed by atoms with Crippen LogP contribution in [-0.4, -0.2) is 16.1 Å². The van der Waals surface area contributed by atoms with Gasteiger partial charge in [0.25, 0.3) is 0 Å². The predicted octanol–water partition coefficient (Wildman–Crippen LogP) is 3.55. The van der Waals surface area contributed by atoms with Crippen molar-refractivity contribution in [1.29, 1.82) is 0 Å². The summed E-state index contributed by atoms with van der Waals surface area (Å²) in [6.45, 7) is 4.45. The van der Waals surface area contributed by atoms with Crippen molar-refractivity contribution < 1.29 is 0 Å². The molecule has 1 N–H and O–H groups in total. The van der Waals surface area contributed by atoms with Gasteiger partial charge >= 0.3 is 0 Å². The number of hydrogen-bond acceptors (Lipinski definition) is 2. The Morgan fingerprint density at radius 3 is 2.95 bits per heavy atom. The van der Waals surface area contributed by atoms with E-state index in [0.717, 1.165) is 31.0 Å². The first kappa shape index (κ1) is 12.9. The smallest absolute Gasteiger partial charge is 0.112 e. The molecule has 2 aliphatic carbocycles. The molecule has 0 spiro atoms.